The van der Waals surface area contributed by atoms with E-state index in [1.807, 2.05) is 24.3 Å². The molecule has 0 bridgehead atoms. The number of halogens is 11. The zero-order chi connectivity index (χ0) is 84.1. The lowest BCUT2D eigenvalue weighted by Gasteiger charge is -2.16. The van der Waals surface area contributed by atoms with Gasteiger partial charge in [-0.2, -0.15) is 26.3 Å². The molecule has 24 nitrogen and oxygen atoms in total. The van der Waals surface area contributed by atoms with E-state index in [9.17, 15) is 114 Å². The Morgan fingerprint density at radius 1 is 0.291 bits per heavy atom. The van der Waals surface area contributed by atoms with Gasteiger partial charge in [0.05, 0.1) is 55.4 Å². The molecule has 0 fully saturated rings. The second-order valence-corrected chi connectivity index (χ2v) is 26.9. The number of anilines is 8. The van der Waals surface area contributed by atoms with E-state index in [0.29, 0.717) is 77.2 Å². The zero-order valence-electron chi connectivity index (χ0n) is 58.2. The highest BCUT2D eigenvalue weighted by atomic mass is 79.9. The van der Waals surface area contributed by atoms with Crippen LogP contribution < -0.4 is 21.3 Å². The molecule has 35 heteroatoms. The molecule has 0 spiro atoms. The number of benzene rings is 12. The summed E-state index contributed by atoms with van der Waals surface area (Å²) in [7, 11) is 0. The van der Waals surface area contributed by atoms with Crippen molar-refractivity contribution in [2.45, 2.75) is 12.4 Å². The van der Waals surface area contributed by atoms with Crippen LogP contribution in [0.25, 0.3) is 87.8 Å². The number of carboxylic acids is 8. The van der Waals surface area contributed by atoms with Crippen LogP contribution in [0.3, 0.4) is 0 Å². The van der Waals surface area contributed by atoms with Crippen LogP contribution in [0, 0.1) is 11.6 Å². The third kappa shape index (κ3) is 16.3. The Morgan fingerprint density at radius 3 is 0.821 bits per heavy atom. The maximum absolute atomic E-state index is 13.5. The number of hydrogen-bond acceptors (Lipinski definition) is 16. The van der Waals surface area contributed by atoms with Gasteiger partial charge < -0.3 is 79.8 Å². The van der Waals surface area contributed by atoms with Crippen LogP contribution in [0.15, 0.2) is 222 Å². The van der Waals surface area contributed by atoms with Crippen molar-refractivity contribution < 1.29 is 132 Å². The molecule has 4 heterocycles. The van der Waals surface area contributed by atoms with Crippen molar-refractivity contribution in [3.05, 3.63) is 282 Å². The molecule has 16 rings (SSSR count). The third-order valence-corrected chi connectivity index (χ3v) is 18.6. The number of alkyl halides is 6. The van der Waals surface area contributed by atoms with Gasteiger partial charge in [-0.1, -0.05) is 93.7 Å². The number of furan rings is 4. The fraction of sp³-hybridized carbons (Fsp3) is 0.0244. The summed E-state index contributed by atoms with van der Waals surface area (Å²) in [4.78, 5) is 92.6. The maximum Gasteiger partial charge on any atom is 0.416 e. The average Bonchev–Trinajstić information content (AvgIpc) is 1.60. The molecule has 0 amide bonds. The fourth-order valence-electron chi connectivity index (χ4n) is 12.8. The molecule has 12 aromatic carbocycles. The Kier molecular flexibility index (Phi) is 21.8. The number of aromatic carboxylic acids is 8. The minimum absolute atomic E-state index is 0.00664. The van der Waals surface area contributed by atoms with Gasteiger partial charge in [0.15, 0.2) is 22.3 Å². The van der Waals surface area contributed by atoms with E-state index in [4.69, 9.17) is 40.9 Å². The Labute approximate surface area is 664 Å². The molecule has 590 valence electrons. The quantitative estimate of drug-likeness (QED) is 0.0400. The Hall–Kier alpha value is -14.7. The van der Waals surface area contributed by atoms with Gasteiger partial charge in [0, 0.05) is 64.9 Å². The van der Waals surface area contributed by atoms with Crippen LogP contribution in [-0.2, 0) is 12.4 Å². The minimum atomic E-state index is -5.07. The maximum atomic E-state index is 13.5. The molecule has 0 atom stereocenters. The number of carbonyl (C=O) groups is 8. The van der Waals surface area contributed by atoms with Crippen LogP contribution >= 0.6 is 39.1 Å². The molecule has 0 unspecified atom stereocenters. The predicted octanol–water partition coefficient (Wildman–Crippen LogP) is 23.3. The minimum Gasteiger partial charge on any atom is -0.478 e. The number of para-hydroxylation sites is 4. The molecule has 0 saturated heterocycles. The highest BCUT2D eigenvalue weighted by Gasteiger charge is 2.38. The topological polar surface area (TPSA) is 399 Å². The van der Waals surface area contributed by atoms with Gasteiger partial charge in [-0.15, -0.1) is 0 Å². The first-order valence-corrected chi connectivity index (χ1v) is 34.8. The van der Waals surface area contributed by atoms with Gasteiger partial charge in [0.25, 0.3) is 0 Å². The van der Waals surface area contributed by atoms with Gasteiger partial charge in [0.1, 0.15) is 78.5 Å². The molecule has 0 aliphatic rings. The van der Waals surface area contributed by atoms with Gasteiger partial charge in [-0.25, -0.2) is 47.1 Å². The fourth-order valence-corrected chi connectivity index (χ4v) is 13.8. The number of fused-ring (bicyclic) bond motifs is 12. The molecule has 117 heavy (non-hydrogen) atoms. The first-order valence-electron chi connectivity index (χ1n) is 33.3. The molecule has 0 radical (unpaired) electrons. The van der Waals surface area contributed by atoms with Gasteiger partial charge in [-0.3, -0.25) is 0 Å². The zero-order valence-corrected chi connectivity index (χ0v) is 61.3. The van der Waals surface area contributed by atoms with Gasteiger partial charge in [0.2, 0.25) is 0 Å². The molecule has 0 saturated carbocycles. The molecule has 12 N–H and O–H groups in total. The largest absolute Gasteiger partial charge is 0.478 e. The summed E-state index contributed by atoms with van der Waals surface area (Å²) in [5, 5.41) is 90.8. The number of carboxylic acid groups (broad SMARTS) is 8. The summed E-state index contributed by atoms with van der Waals surface area (Å²) in [6, 6.07) is 44.9. The summed E-state index contributed by atoms with van der Waals surface area (Å²) in [6.07, 6.45) is -10.1. The monoisotopic (exact) mass is 1710 g/mol. The normalized spacial score (nSPS) is 11.4. The van der Waals surface area contributed by atoms with Crippen molar-refractivity contribution in [1.82, 2.24) is 0 Å². The molecule has 4 aromatic heterocycles. The highest BCUT2D eigenvalue weighted by Crippen LogP contribution is 2.46. The van der Waals surface area contributed by atoms with E-state index in [-0.39, 0.29) is 117 Å². The SMILES string of the molecule is O=C(O)c1cccc2c1oc1c(C(=O)O)ccc(Nc3cc(C(F)(F)F)cc(C(F)(F)F)c3)c12.O=C(O)c1cccc2c1oc1c(C(=O)O)ccc(Nc3cc(Cl)cc(Cl)c3)c12.O=C(O)c1cccc2c1oc1c(C(=O)O)ccc(Nc3cc(F)cc(F)c3)c12.O=C(O)c1cccc2c1oc1c(C(=O)O)ccc(Nc3cccc(Br)c3)c12. The van der Waals surface area contributed by atoms with Gasteiger partial charge in [-0.05, 0) is 140 Å². The second-order valence-electron chi connectivity index (χ2n) is 25.2. The summed E-state index contributed by atoms with van der Waals surface area (Å²) in [6.45, 7) is 0. The lowest BCUT2D eigenvalue weighted by Crippen LogP contribution is -2.11. The van der Waals surface area contributed by atoms with Crippen LogP contribution in [0.5, 0.6) is 0 Å². The Morgan fingerprint density at radius 2 is 0.547 bits per heavy atom. The predicted molar refractivity (Wildman–Crippen MR) is 417 cm³/mol. The van der Waals surface area contributed by atoms with E-state index in [1.54, 1.807) is 60.7 Å². The molecular formula is C82H45BrCl2F8N4O20. The lowest BCUT2D eigenvalue weighted by atomic mass is 10.0. The van der Waals surface area contributed by atoms with Crippen molar-refractivity contribution in [2.75, 3.05) is 21.3 Å². The summed E-state index contributed by atoms with van der Waals surface area (Å²) >= 11 is 15.5. The van der Waals surface area contributed by atoms with Crippen molar-refractivity contribution in [3.8, 4) is 0 Å². The molecule has 16 aromatic rings. The van der Waals surface area contributed by atoms with Crippen molar-refractivity contribution in [3.63, 3.8) is 0 Å². The number of rotatable bonds is 16. The first kappa shape index (κ1) is 80.4. The highest BCUT2D eigenvalue weighted by molar-refractivity contribution is 9.10. The van der Waals surface area contributed by atoms with Crippen LogP contribution in [0.4, 0.5) is 80.6 Å². The van der Waals surface area contributed by atoms with Crippen molar-refractivity contribution >= 4 is 220 Å². The second kappa shape index (κ2) is 31.7. The molecule has 0 aliphatic carbocycles. The van der Waals surface area contributed by atoms with E-state index in [0.717, 1.165) is 40.5 Å². The van der Waals surface area contributed by atoms with E-state index < -0.39 is 88.6 Å². The Balaban J connectivity index is 0.000000136. The number of hydrogen-bond donors (Lipinski definition) is 12. The summed E-state index contributed by atoms with van der Waals surface area (Å²) in [5.41, 5.74) is -2.08. The molecular weight excluding hydrogens is 1660 g/mol. The van der Waals surface area contributed by atoms with Crippen molar-refractivity contribution in [1.29, 1.82) is 0 Å². The van der Waals surface area contributed by atoms with Crippen LogP contribution in [0.2, 0.25) is 10.0 Å². The lowest BCUT2D eigenvalue weighted by molar-refractivity contribution is -0.143. The summed E-state index contributed by atoms with van der Waals surface area (Å²) < 4.78 is 130. The van der Waals surface area contributed by atoms with Crippen LogP contribution in [-0.4, -0.2) is 88.6 Å². The third-order valence-electron chi connectivity index (χ3n) is 17.7. The van der Waals surface area contributed by atoms with Crippen molar-refractivity contribution in [2.24, 2.45) is 0 Å². The standard InChI is InChI=1S/C22H11F6NO5.C20H12BrNO5.C20H11Cl2NO5.C20H11F2NO5/c23-21(24,25)9-6-10(22(26,27)28)8-11(7-9)29-15-5-4-14(20(32)33)18-16(15)12-2-1-3-13(19(30)31)17(12)34-18;21-10-3-1-4-11(9-10)22-15-8-7-14(20(25)26)18-16(15)12-5-2-6-13(19(23)24)17(12)27-18;2*21-9-6-10(22)8-11(7-9)23-15-5-4-14(20(26)27)18-16(15)12-2-1-3-13(19(24)25)17(12)28-18/h1-8,29H,(H,30,31)(H,32,33);1-9,22H,(H,23,24)(H,25,26);2*1-8,23H,(H,24,25)(H,26,27). The Bertz CT molecular complexity index is 6630. The van der Waals surface area contributed by atoms with Gasteiger partial charge >= 0.3 is 60.1 Å². The smallest absolute Gasteiger partial charge is 0.416 e. The van der Waals surface area contributed by atoms with E-state index in [2.05, 4.69) is 37.2 Å². The van der Waals surface area contributed by atoms with Crippen LogP contribution in [0.1, 0.15) is 94.0 Å². The number of nitrogens with one attached hydrogen (secondary N) is 4. The van der Waals surface area contributed by atoms with E-state index in [1.165, 1.54) is 66.7 Å². The first-order chi connectivity index (χ1) is 55.4. The average molecular weight is 1710 g/mol. The summed E-state index contributed by atoms with van der Waals surface area (Å²) in [5.74, 6) is -11.5. The van der Waals surface area contributed by atoms with E-state index >= 15 is 0 Å². The molecule has 0 aliphatic heterocycles.